The lowest BCUT2D eigenvalue weighted by atomic mass is 10.1. The number of aliphatic hydroxyl groups excluding tert-OH is 1. The summed E-state index contributed by atoms with van der Waals surface area (Å²) in [5.41, 5.74) is 1.13. The van der Waals surface area contributed by atoms with Gasteiger partial charge in [-0.2, -0.15) is 0 Å². The molecule has 10 heteroatoms. The molecule has 0 spiro atoms. The smallest absolute Gasteiger partial charge is 0.295 e. The van der Waals surface area contributed by atoms with E-state index in [4.69, 9.17) is 14.6 Å². The summed E-state index contributed by atoms with van der Waals surface area (Å²) in [4.78, 5) is 48.9. The maximum absolute atomic E-state index is 13.1. The number of pyridine rings is 1. The van der Waals surface area contributed by atoms with Gasteiger partial charge in [-0.15, -0.1) is 0 Å². The molecule has 172 valence electrons. The van der Waals surface area contributed by atoms with Gasteiger partial charge >= 0.3 is 0 Å². The summed E-state index contributed by atoms with van der Waals surface area (Å²) >= 11 is 0. The first-order valence-corrected chi connectivity index (χ1v) is 10.5. The van der Waals surface area contributed by atoms with E-state index >= 15 is 0 Å². The number of aliphatic hydroxyl groups is 1. The van der Waals surface area contributed by atoms with E-state index in [9.17, 15) is 14.4 Å². The summed E-state index contributed by atoms with van der Waals surface area (Å²) in [6.07, 6.45) is 2.83. The highest BCUT2D eigenvalue weighted by Gasteiger charge is 2.31. The van der Waals surface area contributed by atoms with Crippen molar-refractivity contribution in [1.29, 1.82) is 0 Å². The number of Topliss-reactive ketones (excluding diaryl/α,β-unsaturated/α-hetero) is 1. The summed E-state index contributed by atoms with van der Waals surface area (Å²) in [7, 11) is 1.44. The lowest BCUT2D eigenvalue weighted by Crippen LogP contribution is -2.52. The Balaban J connectivity index is 1.50. The number of aromatic amines is 1. The van der Waals surface area contributed by atoms with Crippen molar-refractivity contribution in [3.63, 3.8) is 0 Å². The molecular weight excluding hydrogens is 428 g/mol. The third-order valence-corrected chi connectivity index (χ3v) is 5.50. The van der Waals surface area contributed by atoms with Crippen LogP contribution in [-0.2, 0) is 4.79 Å². The summed E-state index contributed by atoms with van der Waals surface area (Å²) in [5.74, 6) is -0.934. The Kier molecular flexibility index (Phi) is 6.55. The lowest BCUT2D eigenvalue weighted by molar-refractivity contribution is -0.127. The van der Waals surface area contributed by atoms with Crippen LogP contribution in [0.4, 0.5) is 0 Å². The minimum Gasteiger partial charge on any atom is -0.494 e. The van der Waals surface area contributed by atoms with Gasteiger partial charge in [-0.25, -0.2) is 4.98 Å². The Labute approximate surface area is 189 Å². The Hall–Kier alpha value is -3.92. The minimum atomic E-state index is -0.693. The van der Waals surface area contributed by atoms with E-state index in [0.717, 1.165) is 0 Å². The highest BCUT2D eigenvalue weighted by molar-refractivity contribution is 6.45. The minimum absolute atomic E-state index is 0.0294. The first-order valence-electron chi connectivity index (χ1n) is 10.5. The van der Waals surface area contributed by atoms with Crippen LogP contribution in [0.1, 0.15) is 20.7 Å². The third kappa shape index (κ3) is 4.37. The van der Waals surface area contributed by atoms with Crippen LogP contribution in [0.2, 0.25) is 0 Å². The number of ketones is 1. The zero-order valence-electron chi connectivity index (χ0n) is 18.1. The van der Waals surface area contributed by atoms with Crippen LogP contribution in [0.25, 0.3) is 10.9 Å². The molecule has 33 heavy (non-hydrogen) atoms. The van der Waals surface area contributed by atoms with Gasteiger partial charge < -0.3 is 29.4 Å². The highest BCUT2D eigenvalue weighted by Crippen LogP contribution is 2.33. The van der Waals surface area contributed by atoms with Gasteiger partial charge in [0.2, 0.25) is 5.88 Å². The van der Waals surface area contributed by atoms with E-state index in [1.54, 1.807) is 29.2 Å². The predicted octanol–water partition coefficient (Wildman–Crippen LogP) is 1.11. The number of fused-ring (bicyclic) bond motifs is 1. The zero-order valence-corrected chi connectivity index (χ0v) is 18.1. The number of nitrogens with zero attached hydrogens (tertiary/aromatic N) is 3. The quantitative estimate of drug-likeness (QED) is 0.406. The van der Waals surface area contributed by atoms with Gasteiger partial charge in [0.15, 0.2) is 0 Å². The van der Waals surface area contributed by atoms with E-state index in [0.29, 0.717) is 35.3 Å². The lowest BCUT2D eigenvalue weighted by Gasteiger charge is -2.34. The molecule has 0 saturated carbocycles. The van der Waals surface area contributed by atoms with Crippen LogP contribution in [0.15, 0.2) is 42.7 Å². The fourth-order valence-corrected chi connectivity index (χ4v) is 3.81. The molecular formula is C23H24N4O6. The number of ether oxygens (including phenoxy) is 2. The van der Waals surface area contributed by atoms with Crippen LogP contribution in [0, 0.1) is 0 Å². The van der Waals surface area contributed by atoms with Gasteiger partial charge in [0.25, 0.3) is 17.6 Å². The third-order valence-electron chi connectivity index (χ3n) is 5.50. The number of piperazine rings is 1. The molecule has 3 aromatic rings. The number of carbonyl (C=O) groups is 3. The Morgan fingerprint density at radius 2 is 1.79 bits per heavy atom. The summed E-state index contributed by atoms with van der Waals surface area (Å²) in [6.45, 7) is 1.03. The number of aromatic nitrogens is 2. The van der Waals surface area contributed by atoms with Crippen molar-refractivity contribution < 1.29 is 29.0 Å². The number of benzene rings is 1. The molecule has 0 unspecified atom stereocenters. The van der Waals surface area contributed by atoms with Gasteiger partial charge in [0.05, 0.1) is 30.9 Å². The molecule has 0 bridgehead atoms. The summed E-state index contributed by atoms with van der Waals surface area (Å²) in [6, 6.07) is 8.95. The van der Waals surface area contributed by atoms with Gasteiger partial charge in [0, 0.05) is 37.9 Å². The van der Waals surface area contributed by atoms with Crippen LogP contribution in [0.3, 0.4) is 0 Å². The molecule has 4 rings (SSSR count). The number of amides is 2. The molecule has 0 aliphatic carbocycles. The van der Waals surface area contributed by atoms with Crippen molar-refractivity contribution in [2.45, 2.75) is 0 Å². The Morgan fingerprint density at radius 3 is 2.45 bits per heavy atom. The number of hydrogen-bond acceptors (Lipinski definition) is 7. The fourth-order valence-electron chi connectivity index (χ4n) is 3.81. The predicted molar refractivity (Wildman–Crippen MR) is 118 cm³/mol. The van der Waals surface area contributed by atoms with Crippen LogP contribution in [0.5, 0.6) is 11.6 Å². The summed E-state index contributed by atoms with van der Waals surface area (Å²) < 4.78 is 10.8. The molecule has 1 aromatic carbocycles. The standard InChI is InChI=1S/C23H24N4O6/c1-32-17-14-25-21(33-12-11-28)19-18(17)16(13-24-19)20(29)23(31)27-9-7-26(8-10-27)22(30)15-5-3-2-4-6-15/h2-6,13-14,24,28H,7-12H2,1H3. The highest BCUT2D eigenvalue weighted by atomic mass is 16.5. The van der Waals surface area contributed by atoms with Crippen molar-refractivity contribution in [3.05, 3.63) is 53.9 Å². The normalized spacial score (nSPS) is 13.8. The van der Waals surface area contributed by atoms with E-state index in [1.807, 2.05) is 6.07 Å². The molecule has 10 nitrogen and oxygen atoms in total. The topological polar surface area (TPSA) is 125 Å². The molecule has 2 amide bonds. The second-order valence-electron chi connectivity index (χ2n) is 7.44. The van der Waals surface area contributed by atoms with Gasteiger partial charge in [-0.3, -0.25) is 14.4 Å². The molecule has 0 radical (unpaired) electrons. The molecule has 1 aliphatic heterocycles. The maximum atomic E-state index is 13.1. The van der Waals surface area contributed by atoms with Gasteiger partial charge in [-0.05, 0) is 12.1 Å². The Morgan fingerprint density at radius 1 is 1.09 bits per heavy atom. The number of methoxy groups -OCH3 is 1. The van der Waals surface area contributed by atoms with E-state index < -0.39 is 11.7 Å². The number of rotatable bonds is 7. The van der Waals surface area contributed by atoms with Gasteiger partial charge in [0.1, 0.15) is 17.9 Å². The van der Waals surface area contributed by atoms with Crippen molar-refractivity contribution in [3.8, 4) is 11.6 Å². The molecule has 3 heterocycles. The molecule has 1 aliphatic rings. The monoisotopic (exact) mass is 452 g/mol. The van der Waals surface area contributed by atoms with E-state index in [1.165, 1.54) is 24.4 Å². The summed E-state index contributed by atoms with van der Waals surface area (Å²) in [5, 5.41) is 9.40. The van der Waals surface area contributed by atoms with Crippen LogP contribution < -0.4 is 9.47 Å². The van der Waals surface area contributed by atoms with Gasteiger partial charge in [-0.1, -0.05) is 18.2 Å². The first kappa shape index (κ1) is 22.3. The fraction of sp³-hybridized carbons (Fsp3) is 0.304. The molecule has 1 fully saturated rings. The maximum Gasteiger partial charge on any atom is 0.295 e. The molecule has 2 N–H and O–H groups in total. The van der Waals surface area contributed by atoms with Crippen molar-refractivity contribution in [2.24, 2.45) is 0 Å². The number of nitrogens with one attached hydrogen (secondary N) is 1. The van der Waals surface area contributed by atoms with Crippen molar-refractivity contribution >= 4 is 28.5 Å². The number of H-pyrrole nitrogens is 1. The molecule has 1 saturated heterocycles. The average molecular weight is 452 g/mol. The Bertz CT molecular complexity index is 1170. The molecule has 0 atom stereocenters. The van der Waals surface area contributed by atoms with Crippen LogP contribution in [-0.4, -0.2) is 89.0 Å². The van der Waals surface area contributed by atoms with E-state index in [-0.39, 0.29) is 43.7 Å². The average Bonchev–Trinajstić information content (AvgIpc) is 3.32. The number of carbonyl (C=O) groups excluding carboxylic acids is 3. The largest absolute Gasteiger partial charge is 0.494 e. The second-order valence-corrected chi connectivity index (χ2v) is 7.44. The van der Waals surface area contributed by atoms with Crippen molar-refractivity contribution in [2.75, 3.05) is 46.5 Å². The first-order chi connectivity index (χ1) is 16.0. The number of hydrogen-bond donors (Lipinski definition) is 2. The molecule has 2 aromatic heterocycles. The van der Waals surface area contributed by atoms with Crippen LogP contribution >= 0.6 is 0 Å². The second kappa shape index (κ2) is 9.70. The zero-order chi connectivity index (χ0) is 23.4. The SMILES string of the molecule is COc1cnc(OCCO)c2[nH]cc(C(=O)C(=O)N3CCN(C(=O)c4ccccc4)CC3)c12. The van der Waals surface area contributed by atoms with Crippen molar-refractivity contribution in [1.82, 2.24) is 19.8 Å². The van der Waals surface area contributed by atoms with E-state index in [2.05, 4.69) is 9.97 Å².